The first-order valence-corrected chi connectivity index (χ1v) is 8.88. The second-order valence-corrected chi connectivity index (χ2v) is 6.61. The van der Waals surface area contributed by atoms with Crippen LogP contribution in [0.5, 0.6) is 0 Å². The summed E-state index contributed by atoms with van der Waals surface area (Å²) in [5.41, 5.74) is -0.270. The van der Waals surface area contributed by atoms with Crippen LogP contribution in [0.3, 0.4) is 0 Å². The van der Waals surface area contributed by atoms with E-state index < -0.39 is 11.2 Å². The second kappa shape index (κ2) is 7.25. The average molecular weight is 348 g/mol. The largest absolute Gasteiger partial charge is 0.457 e. The predicted molar refractivity (Wildman–Crippen MR) is 92.3 cm³/mol. The van der Waals surface area contributed by atoms with Crippen molar-refractivity contribution in [1.82, 2.24) is 19.1 Å². The van der Waals surface area contributed by atoms with Crippen molar-refractivity contribution in [2.75, 3.05) is 0 Å². The van der Waals surface area contributed by atoms with Crippen LogP contribution in [0.2, 0.25) is 0 Å². The maximum absolute atomic E-state index is 12.2. The van der Waals surface area contributed by atoms with Gasteiger partial charge in [-0.2, -0.15) is 0 Å². The summed E-state index contributed by atoms with van der Waals surface area (Å²) >= 11 is 0. The molecule has 0 radical (unpaired) electrons. The Morgan fingerprint density at radius 3 is 2.72 bits per heavy atom. The maximum Gasteiger partial charge on any atom is 0.330 e. The summed E-state index contributed by atoms with van der Waals surface area (Å²) in [6.07, 6.45) is 5.60. The van der Waals surface area contributed by atoms with Crippen molar-refractivity contribution in [3.05, 3.63) is 26.7 Å². The lowest BCUT2D eigenvalue weighted by molar-refractivity contribution is -0.149. The van der Waals surface area contributed by atoms with Gasteiger partial charge in [-0.1, -0.05) is 26.2 Å². The molecule has 136 valence electrons. The number of nitrogens with zero attached hydrogens (tertiary/aromatic N) is 3. The number of carbonyl (C=O) groups excluding carboxylic acids is 1. The molecule has 1 fully saturated rings. The average Bonchev–Trinajstić information content (AvgIpc) is 3.21. The molecule has 8 nitrogen and oxygen atoms in total. The normalized spacial score (nSPS) is 15.1. The van der Waals surface area contributed by atoms with Gasteiger partial charge in [0.2, 0.25) is 0 Å². The highest BCUT2D eigenvalue weighted by Gasteiger charge is 2.25. The molecule has 1 saturated carbocycles. The third-order valence-corrected chi connectivity index (χ3v) is 4.87. The molecule has 0 aliphatic heterocycles. The van der Waals surface area contributed by atoms with Crippen molar-refractivity contribution in [1.29, 1.82) is 0 Å². The minimum absolute atomic E-state index is 0.00191. The number of fused-ring (bicyclic) bond motifs is 1. The topological polar surface area (TPSA) is 99.0 Å². The Labute approximate surface area is 144 Å². The smallest absolute Gasteiger partial charge is 0.330 e. The Balaban J connectivity index is 1.90. The molecule has 1 aliphatic carbocycles. The van der Waals surface area contributed by atoms with Gasteiger partial charge < -0.3 is 9.30 Å². The van der Waals surface area contributed by atoms with Gasteiger partial charge in [0.05, 0.1) is 5.92 Å². The summed E-state index contributed by atoms with van der Waals surface area (Å²) in [7, 11) is 1.69. The van der Waals surface area contributed by atoms with Gasteiger partial charge in [0.15, 0.2) is 11.2 Å². The Bertz CT molecular complexity index is 886. The zero-order valence-electron chi connectivity index (χ0n) is 14.7. The molecule has 0 aromatic carbocycles. The quantitative estimate of drug-likeness (QED) is 0.797. The predicted octanol–water partition coefficient (Wildman–Crippen LogP) is 1.46. The zero-order valence-corrected chi connectivity index (χ0v) is 14.7. The molecule has 0 spiro atoms. The number of esters is 1. The molecular formula is C17H24N4O4. The van der Waals surface area contributed by atoms with Gasteiger partial charge in [0.25, 0.3) is 5.56 Å². The summed E-state index contributed by atoms with van der Waals surface area (Å²) in [6.45, 7) is 2.52. The number of aromatic amines is 1. The first-order valence-electron chi connectivity index (χ1n) is 8.88. The Kier molecular flexibility index (Phi) is 5.06. The molecule has 1 aliphatic rings. The molecule has 0 bridgehead atoms. The van der Waals surface area contributed by atoms with Crippen LogP contribution in [0.25, 0.3) is 11.2 Å². The van der Waals surface area contributed by atoms with E-state index in [1.165, 1.54) is 4.57 Å². The summed E-state index contributed by atoms with van der Waals surface area (Å²) in [5, 5.41) is 0. The molecule has 0 saturated heterocycles. The molecule has 0 unspecified atom stereocenters. The van der Waals surface area contributed by atoms with Gasteiger partial charge >= 0.3 is 11.7 Å². The van der Waals surface area contributed by atoms with Gasteiger partial charge in [-0.05, 0) is 19.3 Å². The molecule has 2 aromatic heterocycles. The van der Waals surface area contributed by atoms with E-state index in [0.29, 0.717) is 23.5 Å². The number of aryl methyl sites for hydroxylation is 2. The number of rotatable bonds is 6. The number of imidazole rings is 1. The van der Waals surface area contributed by atoms with Crippen molar-refractivity contribution >= 4 is 17.1 Å². The van der Waals surface area contributed by atoms with Crippen LogP contribution in [-0.2, 0) is 29.7 Å². The monoisotopic (exact) mass is 348 g/mol. The van der Waals surface area contributed by atoms with Crippen molar-refractivity contribution in [2.24, 2.45) is 13.0 Å². The number of hydrogen-bond acceptors (Lipinski definition) is 5. The zero-order chi connectivity index (χ0) is 18.0. The number of ether oxygens (including phenoxy) is 1. The maximum atomic E-state index is 12.2. The Morgan fingerprint density at radius 1 is 1.32 bits per heavy atom. The Morgan fingerprint density at radius 2 is 2.04 bits per heavy atom. The first kappa shape index (κ1) is 17.4. The van der Waals surface area contributed by atoms with E-state index in [2.05, 4.69) is 9.97 Å². The summed E-state index contributed by atoms with van der Waals surface area (Å²) in [4.78, 5) is 43.1. The minimum Gasteiger partial charge on any atom is -0.457 e. The van der Waals surface area contributed by atoms with E-state index in [0.717, 1.165) is 38.5 Å². The highest BCUT2D eigenvalue weighted by atomic mass is 16.5. The molecule has 1 N–H and O–H groups in total. The van der Waals surface area contributed by atoms with Crippen LogP contribution in [0.4, 0.5) is 0 Å². The summed E-state index contributed by atoms with van der Waals surface area (Å²) in [6, 6.07) is 0. The lowest BCUT2D eigenvalue weighted by Gasteiger charge is -2.09. The number of nitrogens with one attached hydrogen (secondary N) is 1. The van der Waals surface area contributed by atoms with Crippen LogP contribution in [-0.4, -0.2) is 25.1 Å². The minimum atomic E-state index is -0.476. The van der Waals surface area contributed by atoms with Crippen LogP contribution in [0, 0.1) is 5.92 Å². The second-order valence-electron chi connectivity index (χ2n) is 6.61. The highest BCUT2D eigenvalue weighted by molar-refractivity contribution is 5.73. The molecule has 0 amide bonds. The van der Waals surface area contributed by atoms with Gasteiger partial charge in [-0.15, -0.1) is 0 Å². The van der Waals surface area contributed by atoms with E-state index in [1.807, 2.05) is 6.92 Å². The Hall–Kier alpha value is -2.38. The first-order chi connectivity index (χ1) is 12.0. The van der Waals surface area contributed by atoms with Crippen molar-refractivity contribution in [3.8, 4) is 0 Å². The SMILES string of the molecule is CCCCn1c(=O)[nH]c(=O)c2c1nc(COC(=O)C1CCCC1)n2C. The molecule has 25 heavy (non-hydrogen) atoms. The lowest BCUT2D eigenvalue weighted by atomic mass is 10.1. The fraction of sp³-hybridized carbons (Fsp3) is 0.647. The van der Waals surface area contributed by atoms with E-state index in [-0.39, 0.29) is 18.5 Å². The molecular weight excluding hydrogens is 324 g/mol. The van der Waals surface area contributed by atoms with Crippen molar-refractivity contribution in [2.45, 2.75) is 58.6 Å². The number of aromatic nitrogens is 4. The highest BCUT2D eigenvalue weighted by Crippen LogP contribution is 2.26. The summed E-state index contributed by atoms with van der Waals surface area (Å²) < 4.78 is 8.46. The number of H-pyrrole nitrogens is 1. The van der Waals surface area contributed by atoms with Crippen molar-refractivity contribution in [3.63, 3.8) is 0 Å². The van der Waals surface area contributed by atoms with Gasteiger partial charge in [-0.3, -0.25) is 19.1 Å². The van der Waals surface area contributed by atoms with Crippen LogP contribution in [0.15, 0.2) is 9.59 Å². The fourth-order valence-electron chi connectivity index (χ4n) is 3.36. The van der Waals surface area contributed by atoms with Crippen molar-refractivity contribution < 1.29 is 9.53 Å². The third-order valence-electron chi connectivity index (χ3n) is 4.87. The molecule has 8 heteroatoms. The van der Waals surface area contributed by atoms with E-state index >= 15 is 0 Å². The molecule has 0 atom stereocenters. The van der Waals surface area contributed by atoms with E-state index in [9.17, 15) is 14.4 Å². The fourth-order valence-corrected chi connectivity index (χ4v) is 3.36. The number of carbonyl (C=O) groups is 1. The summed E-state index contributed by atoms with van der Waals surface area (Å²) in [5.74, 6) is 0.227. The van der Waals surface area contributed by atoms with Crippen LogP contribution in [0.1, 0.15) is 51.3 Å². The van der Waals surface area contributed by atoms with Gasteiger partial charge in [-0.25, -0.2) is 9.78 Å². The third kappa shape index (κ3) is 3.38. The number of hydrogen-bond donors (Lipinski definition) is 1. The number of unbranched alkanes of at least 4 members (excludes halogenated alkanes) is 1. The standard InChI is InChI=1S/C17H24N4O4/c1-3-4-9-21-14-13(15(22)19-17(21)24)20(2)12(18-14)10-25-16(23)11-7-5-6-8-11/h11H,3-10H2,1-2H3,(H,19,22,24). The van der Waals surface area contributed by atoms with Gasteiger partial charge in [0, 0.05) is 13.6 Å². The van der Waals surface area contributed by atoms with E-state index in [4.69, 9.17) is 4.74 Å². The van der Waals surface area contributed by atoms with E-state index in [1.54, 1.807) is 11.6 Å². The molecule has 2 aromatic rings. The van der Waals surface area contributed by atoms with Crippen LogP contribution < -0.4 is 11.2 Å². The van der Waals surface area contributed by atoms with Crippen LogP contribution >= 0.6 is 0 Å². The lowest BCUT2D eigenvalue weighted by Crippen LogP contribution is -2.31. The molecule has 2 heterocycles. The molecule has 3 rings (SSSR count). The van der Waals surface area contributed by atoms with Gasteiger partial charge in [0.1, 0.15) is 12.4 Å².